The number of anilines is 2. The molecule has 2 saturated heterocycles. The molecule has 2 atom stereocenters. The van der Waals surface area contributed by atoms with E-state index >= 15 is 4.39 Å². The molecular formula is C21H31ClFN7O4. The average molecular weight is 500 g/mol. The van der Waals surface area contributed by atoms with Crippen molar-refractivity contribution >= 4 is 35.6 Å². The summed E-state index contributed by atoms with van der Waals surface area (Å²) in [5, 5.41) is 9.93. The van der Waals surface area contributed by atoms with Gasteiger partial charge in [-0.2, -0.15) is 14.4 Å². The molecule has 3 heterocycles. The second-order valence-electron chi connectivity index (χ2n) is 9.11. The lowest BCUT2D eigenvalue weighted by Gasteiger charge is -2.44. The maximum atomic E-state index is 15.3. The minimum absolute atomic E-state index is 0.0620. The van der Waals surface area contributed by atoms with Crippen molar-refractivity contribution in [2.75, 3.05) is 56.3 Å². The van der Waals surface area contributed by atoms with Crippen LogP contribution in [0.2, 0.25) is 5.28 Å². The molecule has 188 valence electrons. The number of rotatable bonds is 9. The van der Waals surface area contributed by atoms with Crippen molar-refractivity contribution in [3.63, 3.8) is 0 Å². The standard InChI is InChI=1S/C21H31ClFN7O4/c22-21-24-18(17(23)19(25-21)29-6-5-28-7-8-34-12-16(28)11-29)26-27-20(32)15(10-30(33)13-31)9-14-3-1-2-4-14/h13-16,33H,1-12H2,(H,27,32)(H,24,25,26)/t15?,16-/m0/s1. The lowest BCUT2D eigenvalue weighted by molar-refractivity contribution is -0.154. The van der Waals surface area contributed by atoms with Crippen LogP contribution < -0.4 is 15.8 Å². The first-order valence-corrected chi connectivity index (χ1v) is 12.1. The summed E-state index contributed by atoms with van der Waals surface area (Å²) >= 11 is 6.08. The van der Waals surface area contributed by atoms with Crippen LogP contribution in [0.5, 0.6) is 0 Å². The van der Waals surface area contributed by atoms with Crippen LogP contribution in [0, 0.1) is 17.7 Å². The molecule has 11 nitrogen and oxygen atoms in total. The summed E-state index contributed by atoms with van der Waals surface area (Å²) in [5.41, 5.74) is 4.99. The molecule has 1 aliphatic carbocycles. The van der Waals surface area contributed by atoms with Gasteiger partial charge in [-0.3, -0.25) is 30.5 Å². The van der Waals surface area contributed by atoms with Crippen molar-refractivity contribution in [3.8, 4) is 0 Å². The van der Waals surface area contributed by atoms with E-state index in [0.717, 1.165) is 38.8 Å². The molecule has 3 N–H and O–H groups in total. The van der Waals surface area contributed by atoms with Crippen molar-refractivity contribution < 1.29 is 23.9 Å². The highest BCUT2D eigenvalue weighted by Crippen LogP contribution is 2.31. The third-order valence-corrected chi connectivity index (χ3v) is 7.01. The summed E-state index contributed by atoms with van der Waals surface area (Å²) in [6, 6.07) is 0.141. The van der Waals surface area contributed by atoms with E-state index in [-0.39, 0.29) is 35.9 Å². The van der Waals surface area contributed by atoms with E-state index in [1.165, 1.54) is 0 Å². The quantitative estimate of drug-likeness (QED) is 0.199. The summed E-state index contributed by atoms with van der Waals surface area (Å²) in [6.45, 7) is 3.84. The fraction of sp³-hybridized carbons (Fsp3) is 0.714. The molecule has 34 heavy (non-hydrogen) atoms. The minimum atomic E-state index is -0.723. The lowest BCUT2D eigenvalue weighted by Crippen LogP contribution is -2.58. The Balaban J connectivity index is 1.42. The maximum absolute atomic E-state index is 15.3. The highest BCUT2D eigenvalue weighted by atomic mass is 35.5. The highest BCUT2D eigenvalue weighted by molar-refractivity contribution is 6.28. The molecule has 3 aliphatic rings. The third kappa shape index (κ3) is 6.04. The normalized spacial score (nSPS) is 22.2. The fourth-order valence-corrected chi connectivity index (χ4v) is 5.21. The van der Waals surface area contributed by atoms with Crippen LogP contribution in [0.3, 0.4) is 0 Å². The summed E-state index contributed by atoms with van der Waals surface area (Å²) in [5.74, 6) is -1.70. The third-order valence-electron chi connectivity index (χ3n) is 6.84. The number of carbonyl (C=O) groups excluding carboxylic acids is 2. The van der Waals surface area contributed by atoms with Crippen LogP contribution in [0.15, 0.2) is 0 Å². The number of fused-ring (bicyclic) bond motifs is 1. The number of morpholine rings is 1. The van der Waals surface area contributed by atoms with Gasteiger partial charge in [0, 0.05) is 26.2 Å². The zero-order valence-corrected chi connectivity index (χ0v) is 19.7. The predicted octanol–water partition coefficient (Wildman–Crippen LogP) is 1.28. The average Bonchev–Trinajstić information content (AvgIpc) is 3.36. The van der Waals surface area contributed by atoms with Crippen LogP contribution >= 0.6 is 11.6 Å². The van der Waals surface area contributed by atoms with Gasteiger partial charge in [-0.1, -0.05) is 25.7 Å². The van der Waals surface area contributed by atoms with Gasteiger partial charge >= 0.3 is 0 Å². The predicted molar refractivity (Wildman–Crippen MR) is 122 cm³/mol. The van der Waals surface area contributed by atoms with Gasteiger partial charge in [0.2, 0.25) is 23.4 Å². The Morgan fingerprint density at radius 2 is 2.12 bits per heavy atom. The van der Waals surface area contributed by atoms with E-state index in [4.69, 9.17) is 16.3 Å². The number of hydrogen-bond acceptors (Lipinski definition) is 9. The number of ether oxygens (including phenoxy) is 1. The van der Waals surface area contributed by atoms with Crippen LogP contribution in [0.1, 0.15) is 32.1 Å². The number of hydrazine groups is 1. The minimum Gasteiger partial charge on any atom is -0.378 e. The molecular weight excluding hydrogens is 469 g/mol. The van der Waals surface area contributed by atoms with E-state index in [1.54, 1.807) is 0 Å². The number of nitrogens with zero attached hydrogens (tertiary/aromatic N) is 5. The molecule has 2 aliphatic heterocycles. The smallest absolute Gasteiger partial charge is 0.243 e. The van der Waals surface area contributed by atoms with Gasteiger partial charge in [0.05, 0.1) is 31.7 Å². The van der Waals surface area contributed by atoms with Crippen molar-refractivity contribution in [1.29, 1.82) is 0 Å². The molecule has 0 aromatic carbocycles. The number of hydrogen-bond donors (Lipinski definition) is 3. The summed E-state index contributed by atoms with van der Waals surface area (Å²) in [6.07, 6.45) is 4.98. The molecule has 1 unspecified atom stereocenters. The van der Waals surface area contributed by atoms with Gasteiger partial charge < -0.3 is 9.64 Å². The second kappa shape index (κ2) is 11.4. The zero-order chi connectivity index (χ0) is 24.1. The van der Waals surface area contributed by atoms with Crippen LogP contribution in [0.4, 0.5) is 16.0 Å². The Hall–Kier alpha value is -2.28. The molecule has 0 bridgehead atoms. The van der Waals surface area contributed by atoms with Crippen LogP contribution in [-0.4, -0.2) is 89.4 Å². The number of carbonyl (C=O) groups is 2. The number of piperazine rings is 1. The summed E-state index contributed by atoms with van der Waals surface area (Å²) in [7, 11) is 0. The Bertz CT molecular complexity index is 876. The first-order chi connectivity index (χ1) is 16.4. The Kier molecular flexibility index (Phi) is 8.35. The maximum Gasteiger partial charge on any atom is 0.243 e. The molecule has 4 rings (SSSR count). The van der Waals surface area contributed by atoms with E-state index in [0.29, 0.717) is 43.7 Å². The largest absolute Gasteiger partial charge is 0.378 e. The molecule has 1 aromatic heterocycles. The molecule has 1 aromatic rings. The number of hydroxylamine groups is 2. The molecule has 3 fully saturated rings. The van der Waals surface area contributed by atoms with Crippen molar-refractivity contribution in [3.05, 3.63) is 11.1 Å². The second-order valence-corrected chi connectivity index (χ2v) is 9.45. The van der Waals surface area contributed by atoms with Crippen molar-refractivity contribution in [2.45, 2.75) is 38.1 Å². The molecule has 0 radical (unpaired) electrons. The number of halogens is 2. The SMILES string of the molecule is O=CN(O)CC(CC1CCCC1)C(=O)NNc1nc(Cl)nc(N2CCN3CCOC[C@@H]3C2)c1F. The lowest BCUT2D eigenvalue weighted by atomic mass is 9.92. The molecule has 1 saturated carbocycles. The van der Waals surface area contributed by atoms with Crippen LogP contribution in [0.25, 0.3) is 0 Å². The van der Waals surface area contributed by atoms with Gasteiger partial charge in [-0.25, -0.2) is 5.06 Å². The molecule has 13 heteroatoms. The number of aromatic nitrogens is 2. The number of nitrogens with one attached hydrogen (secondary N) is 2. The van der Waals surface area contributed by atoms with Crippen molar-refractivity contribution in [2.24, 2.45) is 11.8 Å². The van der Waals surface area contributed by atoms with E-state index in [2.05, 4.69) is 25.7 Å². The van der Waals surface area contributed by atoms with Gasteiger partial charge in [0.25, 0.3) is 0 Å². The van der Waals surface area contributed by atoms with Gasteiger partial charge in [-0.15, -0.1) is 0 Å². The first kappa shape index (κ1) is 24.8. The highest BCUT2D eigenvalue weighted by Gasteiger charge is 2.32. The number of amides is 2. The van der Waals surface area contributed by atoms with E-state index in [9.17, 15) is 14.8 Å². The van der Waals surface area contributed by atoms with E-state index in [1.807, 2.05) is 4.90 Å². The Morgan fingerprint density at radius 1 is 1.32 bits per heavy atom. The van der Waals surface area contributed by atoms with Gasteiger partial charge in [0.15, 0.2) is 11.6 Å². The first-order valence-electron chi connectivity index (χ1n) is 11.7. The monoisotopic (exact) mass is 499 g/mol. The van der Waals surface area contributed by atoms with Gasteiger partial charge in [0.1, 0.15) is 0 Å². The summed E-state index contributed by atoms with van der Waals surface area (Å²) in [4.78, 5) is 35.8. The Morgan fingerprint density at radius 3 is 2.88 bits per heavy atom. The van der Waals surface area contributed by atoms with Crippen molar-refractivity contribution in [1.82, 2.24) is 25.4 Å². The summed E-state index contributed by atoms with van der Waals surface area (Å²) < 4.78 is 20.9. The Labute approximate surface area is 202 Å². The van der Waals surface area contributed by atoms with Gasteiger partial charge in [-0.05, 0) is 23.9 Å². The topological polar surface area (TPSA) is 123 Å². The zero-order valence-electron chi connectivity index (χ0n) is 19.0. The molecule has 2 amide bonds. The van der Waals surface area contributed by atoms with Crippen LogP contribution in [-0.2, 0) is 14.3 Å². The van der Waals surface area contributed by atoms with E-state index < -0.39 is 17.6 Å². The molecule has 0 spiro atoms. The fourth-order valence-electron chi connectivity index (χ4n) is 5.04.